The van der Waals surface area contributed by atoms with Crippen molar-refractivity contribution in [2.75, 3.05) is 21.3 Å². The van der Waals surface area contributed by atoms with Crippen molar-refractivity contribution in [2.45, 2.75) is 222 Å². The minimum atomic E-state index is -1.66. The van der Waals surface area contributed by atoms with Crippen molar-refractivity contribution in [3.8, 4) is 0 Å². The van der Waals surface area contributed by atoms with Crippen molar-refractivity contribution in [1.82, 2.24) is 0 Å². The molecular formula is C51H78O17. The molecule has 0 spiro atoms. The van der Waals surface area contributed by atoms with Gasteiger partial charge in [0.15, 0.2) is 18.9 Å². The Hall–Kier alpha value is -2.36. The number of fused-ring (bicyclic) bond motifs is 5. The molecule has 23 atom stereocenters. The molecule has 0 bridgehead atoms. The maximum atomic E-state index is 13.3. The van der Waals surface area contributed by atoms with Crippen LogP contribution in [0.1, 0.15) is 123 Å². The Bertz CT molecular complexity index is 1890. The number of benzene rings is 1. The predicted octanol–water partition coefficient (Wildman–Crippen LogP) is 4.60. The van der Waals surface area contributed by atoms with Crippen molar-refractivity contribution >= 4 is 11.9 Å². The number of aliphatic hydroxyl groups excluding tert-OH is 2. The smallest absolute Gasteiger partial charge is 0.338 e. The van der Waals surface area contributed by atoms with E-state index in [4.69, 9.17) is 52.1 Å². The number of carbonyl (C=O) groups is 2. The summed E-state index contributed by atoms with van der Waals surface area (Å²) in [5.41, 5.74) is -4.18. The molecule has 4 aliphatic carbocycles. The summed E-state index contributed by atoms with van der Waals surface area (Å²) >= 11 is 0. The zero-order valence-corrected chi connectivity index (χ0v) is 41.5. The van der Waals surface area contributed by atoms with Gasteiger partial charge >= 0.3 is 11.9 Å². The quantitative estimate of drug-likeness (QED) is 0.157. The first-order chi connectivity index (χ1) is 32.2. The van der Waals surface area contributed by atoms with Crippen molar-refractivity contribution in [3.05, 3.63) is 35.9 Å². The Kier molecular flexibility index (Phi) is 15.5. The molecule has 23 unspecified atom stereocenters. The standard InChI is InChI=1S/C51H78O17/c1-26-41(53)45(60-10)42(54)47(63-26)68-44-28(3)62-40(25-37(44)59-9)67-43-27(2)61-39(24-36(43)58-8)66-33-18-19-48(6)32(22-33)16-17-34-35(48)23-38(65-30(5)52)49(7)50(56,20-21-51(34,49)57)29(4)64-46(55)31-14-12-11-13-15-31/h11-15,26-29,32-45,47,53-54,56-57H,16-25H2,1-10H3. The Morgan fingerprint density at radius 3 is 1.96 bits per heavy atom. The summed E-state index contributed by atoms with van der Waals surface area (Å²) in [6.07, 6.45) is -5.03. The summed E-state index contributed by atoms with van der Waals surface area (Å²) in [6, 6.07) is 8.64. The van der Waals surface area contributed by atoms with Gasteiger partial charge in [0.05, 0.1) is 53.2 Å². The second kappa shape index (κ2) is 20.3. The Labute approximate surface area is 401 Å². The maximum absolute atomic E-state index is 13.3. The minimum absolute atomic E-state index is 0.00748. The van der Waals surface area contributed by atoms with Crippen LogP contribution < -0.4 is 0 Å². The van der Waals surface area contributed by atoms with E-state index in [2.05, 4.69) is 6.92 Å². The molecule has 1 aromatic rings. The number of methoxy groups -OCH3 is 3. The molecule has 3 aliphatic heterocycles. The van der Waals surface area contributed by atoms with Gasteiger partial charge in [0.1, 0.15) is 48.3 Å². The first-order valence-corrected chi connectivity index (χ1v) is 25.0. The van der Waals surface area contributed by atoms with Crippen LogP contribution in [-0.4, -0.2) is 163 Å². The van der Waals surface area contributed by atoms with Gasteiger partial charge in [0.25, 0.3) is 0 Å². The molecule has 4 N–H and O–H groups in total. The highest BCUT2D eigenvalue weighted by atomic mass is 16.8. The lowest BCUT2D eigenvalue weighted by atomic mass is 9.42. The van der Waals surface area contributed by atoms with Crippen molar-refractivity contribution in [1.29, 1.82) is 0 Å². The topological polar surface area (TPSA) is 217 Å². The molecule has 0 aromatic heterocycles. The molecule has 68 heavy (non-hydrogen) atoms. The molecule has 0 amide bonds. The first kappa shape index (κ1) is 52.0. The first-order valence-electron chi connectivity index (χ1n) is 25.0. The molecule has 3 heterocycles. The van der Waals surface area contributed by atoms with Gasteiger partial charge in [-0.3, -0.25) is 4.79 Å². The summed E-state index contributed by atoms with van der Waals surface area (Å²) in [5, 5.41) is 47.2. The zero-order valence-electron chi connectivity index (χ0n) is 41.5. The highest BCUT2D eigenvalue weighted by molar-refractivity contribution is 5.89. The molecule has 7 fully saturated rings. The molecule has 1 aromatic carbocycles. The second-order valence-corrected chi connectivity index (χ2v) is 21.5. The third kappa shape index (κ3) is 9.10. The van der Waals surface area contributed by atoms with Crippen LogP contribution in [0.2, 0.25) is 0 Å². The van der Waals surface area contributed by atoms with E-state index in [1.54, 1.807) is 52.3 Å². The van der Waals surface area contributed by atoms with Gasteiger partial charge in [-0.25, -0.2) is 4.79 Å². The van der Waals surface area contributed by atoms with E-state index in [0.717, 1.165) is 32.1 Å². The fourth-order valence-corrected chi connectivity index (χ4v) is 14.2. The molecule has 7 aliphatic rings. The third-order valence-electron chi connectivity index (χ3n) is 18.2. The van der Waals surface area contributed by atoms with Crippen LogP contribution in [0.4, 0.5) is 0 Å². The summed E-state index contributed by atoms with van der Waals surface area (Å²) in [6.45, 7) is 12.7. The molecule has 384 valence electrons. The number of hydrogen-bond donors (Lipinski definition) is 4. The number of aliphatic hydroxyl groups is 4. The SMILES string of the molecule is COC1CC(OC2CCC3(C)C(CCC4C3CC(OC(C)=O)C3(C)C(O)(C(C)OC(=O)c5ccccc5)CCC43O)C2)OC(C)C1OC1CC(OC)C(OC2OC(C)C(O)C(OC)C2O)C(C)O1. The van der Waals surface area contributed by atoms with Crippen LogP contribution in [0.3, 0.4) is 0 Å². The van der Waals surface area contributed by atoms with Gasteiger partial charge in [-0.15, -0.1) is 0 Å². The van der Waals surface area contributed by atoms with Gasteiger partial charge in [0.2, 0.25) is 0 Å². The Balaban J connectivity index is 0.889. The van der Waals surface area contributed by atoms with Crippen molar-refractivity contribution in [2.24, 2.45) is 28.6 Å². The van der Waals surface area contributed by atoms with Crippen LogP contribution in [0, 0.1) is 28.6 Å². The Morgan fingerprint density at radius 2 is 1.34 bits per heavy atom. The van der Waals surface area contributed by atoms with Crippen LogP contribution in [0.25, 0.3) is 0 Å². The highest BCUT2D eigenvalue weighted by Gasteiger charge is 2.77. The van der Waals surface area contributed by atoms with Gasteiger partial charge in [-0.05, 0) is 114 Å². The molecule has 4 saturated carbocycles. The third-order valence-corrected chi connectivity index (χ3v) is 18.2. The highest BCUT2D eigenvalue weighted by Crippen LogP contribution is 2.71. The molecular weight excluding hydrogens is 885 g/mol. The Morgan fingerprint density at radius 1 is 0.706 bits per heavy atom. The lowest BCUT2D eigenvalue weighted by molar-refractivity contribution is -0.352. The van der Waals surface area contributed by atoms with Gasteiger partial charge in [0, 0.05) is 41.1 Å². The van der Waals surface area contributed by atoms with Crippen LogP contribution >= 0.6 is 0 Å². The number of rotatable bonds is 13. The summed E-state index contributed by atoms with van der Waals surface area (Å²) in [7, 11) is 4.66. The van der Waals surface area contributed by atoms with E-state index in [9.17, 15) is 30.0 Å². The number of ether oxygens (including phenoxy) is 11. The van der Waals surface area contributed by atoms with Crippen molar-refractivity contribution in [3.63, 3.8) is 0 Å². The summed E-state index contributed by atoms with van der Waals surface area (Å²) in [5.74, 6) is -0.934. The van der Waals surface area contributed by atoms with E-state index in [-0.39, 0.29) is 48.2 Å². The number of carbonyl (C=O) groups excluding carboxylic acids is 2. The molecule has 17 nitrogen and oxygen atoms in total. The van der Waals surface area contributed by atoms with Crippen molar-refractivity contribution < 1.29 is 82.1 Å². The van der Waals surface area contributed by atoms with E-state index >= 15 is 0 Å². The lowest BCUT2D eigenvalue weighted by Crippen LogP contribution is -2.72. The average Bonchev–Trinajstić information content (AvgIpc) is 3.53. The largest absolute Gasteiger partial charge is 0.462 e. The van der Waals surface area contributed by atoms with Gasteiger partial charge < -0.3 is 72.5 Å². The maximum Gasteiger partial charge on any atom is 0.338 e. The minimum Gasteiger partial charge on any atom is -0.462 e. The van der Waals surface area contributed by atoms with E-state index in [1.807, 2.05) is 26.8 Å². The summed E-state index contributed by atoms with van der Waals surface area (Å²) < 4.78 is 67.7. The zero-order chi connectivity index (χ0) is 49.1. The monoisotopic (exact) mass is 963 g/mol. The number of hydrogen-bond acceptors (Lipinski definition) is 17. The lowest BCUT2D eigenvalue weighted by Gasteiger charge is -2.66. The summed E-state index contributed by atoms with van der Waals surface area (Å²) in [4.78, 5) is 26.1. The fourth-order valence-electron chi connectivity index (χ4n) is 14.2. The predicted molar refractivity (Wildman–Crippen MR) is 242 cm³/mol. The normalized spacial score (nSPS) is 48.6. The second-order valence-electron chi connectivity index (χ2n) is 21.5. The van der Waals surface area contributed by atoms with E-state index < -0.39 is 115 Å². The van der Waals surface area contributed by atoms with Gasteiger partial charge in [-0.1, -0.05) is 32.0 Å². The van der Waals surface area contributed by atoms with Crippen LogP contribution in [0.15, 0.2) is 30.3 Å². The molecule has 0 radical (unpaired) electrons. The molecule has 8 rings (SSSR count). The molecule has 17 heteroatoms. The van der Waals surface area contributed by atoms with Gasteiger partial charge in [-0.2, -0.15) is 0 Å². The van der Waals surface area contributed by atoms with E-state index in [1.165, 1.54) is 14.0 Å². The average molecular weight is 963 g/mol. The van der Waals surface area contributed by atoms with Crippen LogP contribution in [0.5, 0.6) is 0 Å². The molecule has 3 saturated heterocycles. The van der Waals surface area contributed by atoms with Crippen LogP contribution in [-0.2, 0) is 56.9 Å². The fraction of sp³-hybridized carbons (Fsp3) is 0.843. The van der Waals surface area contributed by atoms with E-state index in [0.29, 0.717) is 24.8 Å². The number of esters is 2.